The second-order valence-corrected chi connectivity index (χ2v) is 4.40. The number of rotatable bonds is 7. The smallest absolute Gasteiger partial charge is 0.434 e. The van der Waals surface area contributed by atoms with Crippen molar-refractivity contribution in [2.75, 3.05) is 6.61 Å². The molecule has 4 heteroatoms. The fraction of sp³-hybridized carbons (Fsp3) is 0.500. The van der Waals surface area contributed by atoms with E-state index in [1.54, 1.807) is 12.1 Å². The van der Waals surface area contributed by atoms with Gasteiger partial charge in [-0.25, -0.2) is 4.79 Å². The lowest BCUT2D eigenvalue weighted by molar-refractivity contribution is 0.0444. The van der Waals surface area contributed by atoms with E-state index in [0.29, 0.717) is 6.61 Å². The molecule has 1 rings (SSSR count). The van der Waals surface area contributed by atoms with Crippen LogP contribution in [0.1, 0.15) is 43.7 Å². The van der Waals surface area contributed by atoms with Gasteiger partial charge < -0.3 is 9.47 Å². The number of unbranched alkanes of at least 4 members (excludes halogenated alkanes) is 3. The SMILES string of the molecule is CCCCCCOC(=O)OC(Cl)c1ccccc1. The summed E-state index contributed by atoms with van der Waals surface area (Å²) in [5.74, 6) is 0. The number of hydrogen-bond acceptors (Lipinski definition) is 3. The number of hydrogen-bond donors (Lipinski definition) is 0. The quantitative estimate of drug-likeness (QED) is 0.411. The average molecular weight is 271 g/mol. The highest BCUT2D eigenvalue weighted by Gasteiger charge is 2.13. The number of carbonyl (C=O) groups excluding carboxylic acids is 1. The molecule has 0 heterocycles. The molecule has 0 aliphatic rings. The molecule has 3 nitrogen and oxygen atoms in total. The third kappa shape index (κ3) is 5.92. The Bertz CT molecular complexity index is 340. The lowest BCUT2D eigenvalue weighted by Gasteiger charge is -2.11. The molecule has 0 bridgehead atoms. The van der Waals surface area contributed by atoms with E-state index in [1.807, 2.05) is 18.2 Å². The van der Waals surface area contributed by atoms with Crippen molar-refractivity contribution >= 4 is 17.8 Å². The molecule has 1 unspecified atom stereocenters. The van der Waals surface area contributed by atoms with Gasteiger partial charge in [-0.3, -0.25) is 0 Å². The fourth-order valence-electron chi connectivity index (χ4n) is 1.48. The van der Waals surface area contributed by atoms with Crippen LogP contribution in [0.15, 0.2) is 30.3 Å². The normalized spacial score (nSPS) is 11.9. The third-order valence-electron chi connectivity index (χ3n) is 2.48. The van der Waals surface area contributed by atoms with Gasteiger partial charge in [0.2, 0.25) is 5.56 Å². The first-order valence-corrected chi connectivity index (χ1v) is 6.70. The molecule has 0 radical (unpaired) electrons. The van der Waals surface area contributed by atoms with Crippen LogP contribution in [0.25, 0.3) is 0 Å². The van der Waals surface area contributed by atoms with Gasteiger partial charge in [0.15, 0.2) is 0 Å². The zero-order chi connectivity index (χ0) is 13.2. The lowest BCUT2D eigenvalue weighted by Crippen LogP contribution is -2.10. The predicted molar refractivity (Wildman–Crippen MR) is 71.6 cm³/mol. The Balaban J connectivity index is 2.20. The van der Waals surface area contributed by atoms with Gasteiger partial charge in [-0.1, -0.05) is 68.1 Å². The summed E-state index contributed by atoms with van der Waals surface area (Å²) >= 11 is 5.94. The Hall–Kier alpha value is -1.22. The van der Waals surface area contributed by atoms with E-state index in [1.165, 1.54) is 0 Å². The molecule has 0 aliphatic heterocycles. The topological polar surface area (TPSA) is 35.5 Å². The minimum Gasteiger partial charge on any atom is -0.434 e. The van der Waals surface area contributed by atoms with Crippen LogP contribution in [0.2, 0.25) is 0 Å². The molecule has 0 fully saturated rings. The summed E-state index contributed by atoms with van der Waals surface area (Å²) in [6.07, 6.45) is 3.52. The van der Waals surface area contributed by atoms with Crippen molar-refractivity contribution < 1.29 is 14.3 Å². The van der Waals surface area contributed by atoms with Gasteiger partial charge in [0.1, 0.15) is 0 Å². The van der Waals surface area contributed by atoms with Crippen molar-refractivity contribution in [1.29, 1.82) is 0 Å². The number of halogens is 1. The van der Waals surface area contributed by atoms with Crippen LogP contribution in [0.4, 0.5) is 4.79 Å². The summed E-state index contributed by atoms with van der Waals surface area (Å²) in [7, 11) is 0. The molecule has 1 aromatic rings. The zero-order valence-electron chi connectivity index (χ0n) is 10.6. The van der Waals surface area contributed by atoms with Crippen molar-refractivity contribution in [1.82, 2.24) is 0 Å². The van der Waals surface area contributed by atoms with Gasteiger partial charge in [-0.2, -0.15) is 0 Å². The fourth-order valence-corrected chi connectivity index (χ4v) is 1.69. The number of alkyl halides is 1. The summed E-state index contributed by atoms with van der Waals surface area (Å²) in [6, 6.07) is 9.14. The number of carbonyl (C=O) groups is 1. The van der Waals surface area contributed by atoms with Crippen LogP contribution < -0.4 is 0 Å². The minimum atomic E-state index is -0.797. The van der Waals surface area contributed by atoms with Crippen LogP contribution in [0, 0.1) is 0 Å². The Morgan fingerprint density at radius 1 is 1.22 bits per heavy atom. The summed E-state index contributed by atoms with van der Waals surface area (Å²) < 4.78 is 9.88. The maximum Gasteiger partial charge on any atom is 0.510 e. The van der Waals surface area contributed by atoms with Crippen LogP contribution in [-0.2, 0) is 9.47 Å². The first-order valence-electron chi connectivity index (χ1n) is 6.26. The van der Waals surface area contributed by atoms with E-state index in [0.717, 1.165) is 31.2 Å². The molecule has 0 amide bonds. The predicted octanol–water partition coefficient (Wildman–Crippen LogP) is 4.66. The highest BCUT2D eigenvalue weighted by atomic mass is 35.5. The Labute approximate surface area is 113 Å². The van der Waals surface area contributed by atoms with Crippen molar-refractivity contribution in [2.24, 2.45) is 0 Å². The molecule has 0 aliphatic carbocycles. The van der Waals surface area contributed by atoms with Gasteiger partial charge in [0.25, 0.3) is 0 Å². The number of benzene rings is 1. The van der Waals surface area contributed by atoms with Gasteiger partial charge in [-0.15, -0.1) is 0 Å². The van der Waals surface area contributed by atoms with E-state index in [9.17, 15) is 4.79 Å². The van der Waals surface area contributed by atoms with Gasteiger partial charge >= 0.3 is 6.16 Å². The zero-order valence-corrected chi connectivity index (χ0v) is 11.4. The van der Waals surface area contributed by atoms with Gasteiger partial charge in [0, 0.05) is 5.56 Å². The Morgan fingerprint density at radius 2 is 1.94 bits per heavy atom. The second-order valence-electron chi connectivity index (χ2n) is 4.00. The summed E-state index contributed by atoms with van der Waals surface area (Å²) in [5, 5.41) is 0. The van der Waals surface area contributed by atoms with E-state index < -0.39 is 11.7 Å². The Kier molecular flexibility index (Phi) is 7.26. The third-order valence-corrected chi connectivity index (χ3v) is 2.82. The van der Waals surface area contributed by atoms with Crippen molar-refractivity contribution in [3.8, 4) is 0 Å². The van der Waals surface area contributed by atoms with Gasteiger partial charge in [-0.05, 0) is 6.42 Å². The van der Waals surface area contributed by atoms with Crippen LogP contribution in [0.5, 0.6) is 0 Å². The van der Waals surface area contributed by atoms with E-state index in [2.05, 4.69) is 6.92 Å². The highest BCUT2D eigenvalue weighted by Crippen LogP contribution is 2.21. The molecule has 18 heavy (non-hydrogen) atoms. The van der Waals surface area contributed by atoms with Crippen molar-refractivity contribution in [2.45, 2.75) is 38.2 Å². The van der Waals surface area contributed by atoms with Crippen LogP contribution >= 0.6 is 11.6 Å². The maximum atomic E-state index is 11.3. The van der Waals surface area contributed by atoms with Crippen LogP contribution in [-0.4, -0.2) is 12.8 Å². The monoisotopic (exact) mass is 270 g/mol. The highest BCUT2D eigenvalue weighted by molar-refractivity contribution is 6.20. The average Bonchev–Trinajstić information content (AvgIpc) is 2.39. The molecule has 0 saturated heterocycles. The van der Waals surface area contributed by atoms with Gasteiger partial charge in [0.05, 0.1) is 6.61 Å². The molecular formula is C14H19ClO3. The molecule has 0 saturated carbocycles. The van der Waals surface area contributed by atoms with Crippen molar-refractivity contribution in [3.63, 3.8) is 0 Å². The maximum absolute atomic E-state index is 11.3. The molecule has 0 spiro atoms. The largest absolute Gasteiger partial charge is 0.510 e. The summed E-state index contributed by atoms with van der Waals surface area (Å²) in [6.45, 7) is 2.52. The minimum absolute atomic E-state index is 0.386. The van der Waals surface area contributed by atoms with Crippen molar-refractivity contribution in [3.05, 3.63) is 35.9 Å². The second kappa shape index (κ2) is 8.81. The Morgan fingerprint density at radius 3 is 2.61 bits per heavy atom. The molecule has 1 atom stereocenters. The number of ether oxygens (including phenoxy) is 2. The molecule has 1 aromatic carbocycles. The molecular weight excluding hydrogens is 252 g/mol. The van der Waals surface area contributed by atoms with Crippen LogP contribution in [0.3, 0.4) is 0 Å². The van der Waals surface area contributed by atoms with E-state index in [4.69, 9.17) is 21.1 Å². The lowest BCUT2D eigenvalue weighted by atomic mass is 10.2. The van der Waals surface area contributed by atoms with E-state index in [-0.39, 0.29) is 0 Å². The molecule has 100 valence electrons. The summed E-state index contributed by atoms with van der Waals surface area (Å²) in [5.41, 5.74) is -0.0589. The first kappa shape index (κ1) is 14.8. The first-order chi connectivity index (χ1) is 8.74. The van der Waals surface area contributed by atoms with E-state index >= 15 is 0 Å². The standard InChI is InChI=1S/C14H19ClO3/c1-2-3-4-8-11-17-14(16)18-13(15)12-9-6-5-7-10-12/h5-7,9-10,13H,2-4,8,11H2,1H3. The summed E-state index contributed by atoms with van der Waals surface area (Å²) in [4.78, 5) is 11.3. The molecule has 0 aromatic heterocycles. The molecule has 0 N–H and O–H groups in total.